The number of benzene rings is 1. The van der Waals surface area contributed by atoms with Crippen LogP contribution in [0.25, 0.3) is 0 Å². The first-order chi connectivity index (χ1) is 13.4. The molecule has 4 aliphatic rings. The zero-order chi connectivity index (χ0) is 19.9. The molecule has 1 aromatic carbocycles. The number of amides is 1. The lowest BCUT2D eigenvalue weighted by Gasteiger charge is -2.59. The van der Waals surface area contributed by atoms with E-state index in [1.807, 2.05) is 6.07 Å². The summed E-state index contributed by atoms with van der Waals surface area (Å²) in [4.78, 5) is 12.8. The van der Waals surface area contributed by atoms with Crippen molar-refractivity contribution in [2.24, 2.45) is 23.2 Å². The molecule has 28 heavy (non-hydrogen) atoms. The van der Waals surface area contributed by atoms with E-state index >= 15 is 0 Å². The molecule has 0 saturated heterocycles. The van der Waals surface area contributed by atoms with Crippen molar-refractivity contribution in [3.63, 3.8) is 0 Å². The number of carbonyl (C=O) groups excluding carboxylic acids is 1. The van der Waals surface area contributed by atoms with Gasteiger partial charge in [0.15, 0.2) is 0 Å². The Hall–Kier alpha value is -1.70. The number of para-hydroxylation sites is 1. The van der Waals surface area contributed by atoms with Gasteiger partial charge in [-0.1, -0.05) is 29.3 Å². The number of carbonyl (C=O) groups is 1. The van der Waals surface area contributed by atoms with Crippen LogP contribution in [0.15, 0.2) is 30.0 Å². The Labute approximate surface area is 176 Å². The molecule has 5 rings (SSSR count). The van der Waals surface area contributed by atoms with Crippen LogP contribution in [0.5, 0.6) is 0 Å². The van der Waals surface area contributed by atoms with E-state index in [-0.39, 0.29) is 22.9 Å². The number of rotatable bonds is 5. The van der Waals surface area contributed by atoms with E-state index in [9.17, 15) is 10.1 Å². The Morgan fingerprint density at radius 2 is 1.71 bits per heavy atom. The van der Waals surface area contributed by atoms with Gasteiger partial charge in [-0.2, -0.15) is 5.26 Å². The fraction of sp³-hybridized carbons (Fsp3) is 0.545. The van der Waals surface area contributed by atoms with E-state index in [1.165, 1.54) is 44.7 Å². The van der Waals surface area contributed by atoms with Crippen LogP contribution in [0, 0.1) is 34.5 Å². The summed E-state index contributed by atoms with van der Waals surface area (Å²) in [5, 5.41) is 16.4. The molecule has 1 amide bonds. The molecule has 4 aliphatic carbocycles. The number of nitrogens with one attached hydrogen (secondary N) is 2. The highest BCUT2D eigenvalue weighted by Gasteiger charge is 2.53. The third-order valence-corrected chi connectivity index (χ3v) is 7.67. The summed E-state index contributed by atoms with van der Waals surface area (Å²) in [6, 6.07) is 7.19. The standard InChI is InChI=1S/C22H25Cl2N3O/c1-13(22-8-14-5-15(9-22)7-16(6-14)10-22)27-21(28)17(11-25)12-26-20-18(23)3-2-4-19(20)24/h2-4,12-16,26H,5-10H2,1H3,(H,27,28)/b17-12-. The van der Waals surface area contributed by atoms with E-state index in [0.29, 0.717) is 15.7 Å². The predicted octanol–water partition coefficient (Wildman–Crippen LogP) is 5.53. The van der Waals surface area contributed by atoms with Gasteiger partial charge in [0.05, 0.1) is 15.7 Å². The van der Waals surface area contributed by atoms with Crippen molar-refractivity contribution >= 4 is 34.8 Å². The lowest BCUT2D eigenvalue weighted by Crippen LogP contribution is -2.56. The lowest BCUT2D eigenvalue weighted by molar-refractivity contribution is -0.122. The van der Waals surface area contributed by atoms with Crippen LogP contribution in [0.3, 0.4) is 0 Å². The number of anilines is 1. The molecule has 4 fully saturated rings. The molecule has 0 aromatic heterocycles. The topological polar surface area (TPSA) is 64.9 Å². The Balaban J connectivity index is 1.45. The number of nitrogens with zero attached hydrogens (tertiary/aromatic N) is 1. The van der Waals surface area contributed by atoms with E-state index in [1.54, 1.807) is 18.2 Å². The predicted molar refractivity (Wildman–Crippen MR) is 112 cm³/mol. The van der Waals surface area contributed by atoms with Gasteiger partial charge < -0.3 is 10.6 Å². The molecule has 4 bridgehead atoms. The highest BCUT2D eigenvalue weighted by molar-refractivity contribution is 6.39. The summed E-state index contributed by atoms with van der Waals surface area (Å²) in [5.74, 6) is 2.11. The van der Waals surface area contributed by atoms with Gasteiger partial charge in [0.25, 0.3) is 5.91 Å². The second-order valence-electron chi connectivity index (χ2n) is 8.89. The quantitative estimate of drug-likeness (QED) is 0.488. The average Bonchev–Trinajstić information content (AvgIpc) is 2.63. The SMILES string of the molecule is CC(NC(=O)/C(C#N)=C\Nc1c(Cl)cccc1Cl)C12CC3CC(CC(C3)C1)C2. The number of halogens is 2. The van der Waals surface area contributed by atoms with Gasteiger partial charge in [0.1, 0.15) is 11.6 Å². The normalized spacial score (nSPS) is 31.9. The van der Waals surface area contributed by atoms with Gasteiger partial charge in [-0.25, -0.2) is 0 Å². The van der Waals surface area contributed by atoms with Crippen LogP contribution in [0.2, 0.25) is 10.0 Å². The van der Waals surface area contributed by atoms with Gasteiger partial charge in [-0.3, -0.25) is 4.79 Å². The van der Waals surface area contributed by atoms with Crippen molar-refractivity contribution in [1.82, 2.24) is 5.32 Å². The smallest absolute Gasteiger partial charge is 0.263 e. The van der Waals surface area contributed by atoms with E-state index in [0.717, 1.165) is 17.8 Å². The minimum absolute atomic E-state index is 0.0209. The largest absolute Gasteiger partial charge is 0.358 e. The summed E-state index contributed by atoms with van der Waals surface area (Å²) in [6.45, 7) is 2.11. The second-order valence-corrected chi connectivity index (χ2v) is 9.70. The summed E-state index contributed by atoms with van der Waals surface area (Å²) in [7, 11) is 0. The first-order valence-electron chi connectivity index (χ1n) is 10.0. The maximum absolute atomic E-state index is 12.8. The van der Waals surface area contributed by atoms with Crippen LogP contribution in [-0.2, 0) is 4.79 Å². The third-order valence-electron chi connectivity index (χ3n) is 7.04. The molecule has 1 aromatic rings. The molecule has 148 valence electrons. The van der Waals surface area contributed by atoms with Crippen molar-refractivity contribution in [2.45, 2.75) is 51.5 Å². The summed E-state index contributed by atoms with van der Waals surface area (Å²) in [6.07, 6.45) is 9.11. The zero-order valence-corrected chi connectivity index (χ0v) is 17.5. The molecule has 0 spiro atoms. The van der Waals surface area contributed by atoms with Crippen LogP contribution < -0.4 is 10.6 Å². The maximum atomic E-state index is 12.8. The highest BCUT2D eigenvalue weighted by atomic mass is 35.5. The summed E-state index contributed by atoms with van der Waals surface area (Å²) < 4.78 is 0. The van der Waals surface area contributed by atoms with Crippen LogP contribution >= 0.6 is 23.2 Å². The lowest BCUT2D eigenvalue weighted by atomic mass is 9.48. The van der Waals surface area contributed by atoms with Gasteiger partial charge in [0.2, 0.25) is 0 Å². The fourth-order valence-electron chi connectivity index (χ4n) is 6.06. The fourth-order valence-corrected chi connectivity index (χ4v) is 6.57. The molecule has 6 heteroatoms. The average molecular weight is 418 g/mol. The van der Waals surface area contributed by atoms with E-state index in [2.05, 4.69) is 17.6 Å². The number of hydrogen-bond acceptors (Lipinski definition) is 3. The Bertz CT molecular complexity index is 802. The Morgan fingerprint density at radius 1 is 1.18 bits per heavy atom. The third kappa shape index (κ3) is 3.63. The first-order valence-corrected chi connectivity index (χ1v) is 10.8. The molecule has 2 N–H and O–H groups in total. The van der Waals surface area contributed by atoms with Gasteiger partial charge in [-0.05, 0) is 80.8 Å². The summed E-state index contributed by atoms with van der Waals surface area (Å²) >= 11 is 12.3. The first kappa shape index (κ1) is 19.6. The van der Waals surface area contributed by atoms with Crippen LogP contribution in [0.1, 0.15) is 45.4 Å². The zero-order valence-electron chi connectivity index (χ0n) is 16.0. The van der Waals surface area contributed by atoms with Gasteiger partial charge >= 0.3 is 0 Å². The van der Waals surface area contributed by atoms with Crippen molar-refractivity contribution in [3.05, 3.63) is 40.0 Å². The summed E-state index contributed by atoms with van der Waals surface area (Å²) in [5.41, 5.74) is 0.706. The van der Waals surface area contributed by atoms with Crippen LogP contribution in [-0.4, -0.2) is 11.9 Å². The molecule has 0 heterocycles. The van der Waals surface area contributed by atoms with Gasteiger partial charge in [0, 0.05) is 12.2 Å². The maximum Gasteiger partial charge on any atom is 0.263 e. The Kier molecular flexibility index (Phi) is 5.33. The Morgan fingerprint density at radius 3 is 2.21 bits per heavy atom. The van der Waals surface area contributed by atoms with Crippen molar-refractivity contribution in [2.75, 3.05) is 5.32 Å². The van der Waals surface area contributed by atoms with Crippen LogP contribution in [0.4, 0.5) is 5.69 Å². The highest BCUT2D eigenvalue weighted by Crippen LogP contribution is 2.61. The van der Waals surface area contributed by atoms with E-state index < -0.39 is 0 Å². The molecule has 1 atom stereocenters. The van der Waals surface area contributed by atoms with E-state index in [4.69, 9.17) is 23.2 Å². The van der Waals surface area contributed by atoms with Gasteiger partial charge in [-0.15, -0.1) is 0 Å². The van der Waals surface area contributed by atoms with Crippen molar-refractivity contribution in [1.29, 1.82) is 5.26 Å². The number of hydrogen-bond donors (Lipinski definition) is 2. The second kappa shape index (κ2) is 7.61. The molecular weight excluding hydrogens is 393 g/mol. The minimum atomic E-state index is -0.346. The molecular formula is C22H25Cl2N3O. The molecule has 4 nitrogen and oxygen atoms in total. The molecule has 0 aliphatic heterocycles. The molecule has 0 radical (unpaired) electrons. The monoisotopic (exact) mass is 417 g/mol. The van der Waals surface area contributed by atoms with Crippen molar-refractivity contribution in [3.8, 4) is 6.07 Å². The molecule has 1 unspecified atom stereocenters. The van der Waals surface area contributed by atoms with Crippen molar-refractivity contribution < 1.29 is 4.79 Å². The minimum Gasteiger partial charge on any atom is -0.358 e. The molecule has 4 saturated carbocycles. The number of nitriles is 1.